The summed E-state index contributed by atoms with van der Waals surface area (Å²) in [5.41, 5.74) is -1.84. The lowest BCUT2D eigenvalue weighted by atomic mass is 9.66. The van der Waals surface area contributed by atoms with Gasteiger partial charge in [-0.2, -0.15) is 0 Å². The maximum Gasteiger partial charge on any atom is 0.309 e. The van der Waals surface area contributed by atoms with Crippen LogP contribution in [0.4, 0.5) is 0 Å². The molecule has 0 heterocycles. The van der Waals surface area contributed by atoms with E-state index in [9.17, 15) is 19.8 Å². The van der Waals surface area contributed by atoms with Gasteiger partial charge in [-0.05, 0) is 57.3 Å². The third-order valence-corrected chi connectivity index (χ3v) is 5.52. The molecule has 2 N–H and O–H groups in total. The third kappa shape index (κ3) is 4.72. The summed E-state index contributed by atoms with van der Waals surface area (Å²) in [5, 5.41) is 19.4. The van der Waals surface area contributed by atoms with Crippen molar-refractivity contribution in [2.75, 3.05) is 0 Å². The lowest BCUT2D eigenvalue weighted by Gasteiger charge is -2.36. The quantitative estimate of drug-likeness (QED) is 0.783. The highest BCUT2D eigenvalue weighted by atomic mass is 16.4. The van der Waals surface area contributed by atoms with Gasteiger partial charge in [-0.1, -0.05) is 33.6 Å². The zero-order valence-electron chi connectivity index (χ0n) is 14.7. The van der Waals surface area contributed by atoms with E-state index >= 15 is 0 Å². The number of hydrogen-bond donors (Lipinski definition) is 2. The molecule has 3 unspecified atom stereocenters. The zero-order chi connectivity index (χ0) is 17.2. The average molecular weight is 312 g/mol. The first-order valence-corrected chi connectivity index (χ1v) is 8.37. The van der Waals surface area contributed by atoms with Gasteiger partial charge in [0.1, 0.15) is 0 Å². The van der Waals surface area contributed by atoms with Crippen LogP contribution in [0.1, 0.15) is 79.6 Å². The van der Waals surface area contributed by atoms with Gasteiger partial charge in [0.15, 0.2) is 0 Å². The molecule has 4 nitrogen and oxygen atoms in total. The Labute approximate surface area is 134 Å². The number of carbonyl (C=O) groups is 2. The number of hydrogen-bond acceptors (Lipinski definition) is 2. The molecule has 1 fully saturated rings. The van der Waals surface area contributed by atoms with Crippen LogP contribution in [-0.4, -0.2) is 22.2 Å². The Balaban J connectivity index is 3.16. The highest BCUT2D eigenvalue weighted by Crippen LogP contribution is 2.46. The van der Waals surface area contributed by atoms with E-state index in [1.165, 1.54) is 0 Å². The molecule has 0 bridgehead atoms. The van der Waals surface area contributed by atoms with Crippen molar-refractivity contribution in [3.05, 3.63) is 0 Å². The summed E-state index contributed by atoms with van der Waals surface area (Å²) >= 11 is 0. The normalized spacial score (nSPS) is 37.0. The van der Waals surface area contributed by atoms with Gasteiger partial charge in [0.05, 0.1) is 10.8 Å². The van der Waals surface area contributed by atoms with Gasteiger partial charge in [-0.25, -0.2) is 0 Å². The fourth-order valence-corrected chi connectivity index (χ4v) is 3.91. The summed E-state index contributed by atoms with van der Waals surface area (Å²) in [7, 11) is 0. The standard InChI is InChI=1S/C18H32O4/c1-13-7-6-8-16(2,3)9-10-17(4,14(19)20)12-18(5,11-13)15(21)22/h13H,6-12H2,1-5H3,(H,19,20)(H,21,22). The minimum atomic E-state index is -0.978. The van der Waals surface area contributed by atoms with Crippen LogP contribution in [0.3, 0.4) is 0 Å². The molecule has 3 atom stereocenters. The Morgan fingerprint density at radius 2 is 1.45 bits per heavy atom. The van der Waals surface area contributed by atoms with Gasteiger partial charge in [-0.3, -0.25) is 9.59 Å². The van der Waals surface area contributed by atoms with E-state index in [1.807, 2.05) is 0 Å². The van der Waals surface area contributed by atoms with Gasteiger partial charge in [0, 0.05) is 0 Å². The fourth-order valence-electron chi connectivity index (χ4n) is 3.91. The molecule has 0 radical (unpaired) electrons. The topological polar surface area (TPSA) is 74.6 Å². The van der Waals surface area contributed by atoms with Crippen molar-refractivity contribution in [2.24, 2.45) is 22.2 Å². The number of carboxylic acid groups (broad SMARTS) is 2. The Hall–Kier alpha value is -1.06. The van der Waals surface area contributed by atoms with E-state index in [-0.39, 0.29) is 11.8 Å². The summed E-state index contributed by atoms with van der Waals surface area (Å²) in [6.45, 7) is 9.90. The molecule has 128 valence electrons. The lowest BCUT2D eigenvalue weighted by Crippen LogP contribution is -2.40. The van der Waals surface area contributed by atoms with Crippen LogP contribution in [0.2, 0.25) is 0 Å². The Morgan fingerprint density at radius 3 is 1.95 bits per heavy atom. The van der Waals surface area contributed by atoms with Crippen LogP contribution in [0.25, 0.3) is 0 Å². The molecule has 0 amide bonds. The predicted octanol–water partition coefficient (Wildman–Crippen LogP) is 4.57. The molecule has 1 saturated carbocycles. The number of carboxylic acids is 2. The molecule has 0 saturated heterocycles. The van der Waals surface area contributed by atoms with Gasteiger partial charge < -0.3 is 10.2 Å². The largest absolute Gasteiger partial charge is 0.481 e. The minimum Gasteiger partial charge on any atom is -0.481 e. The van der Waals surface area contributed by atoms with E-state index in [1.54, 1.807) is 13.8 Å². The van der Waals surface area contributed by atoms with E-state index in [4.69, 9.17) is 0 Å². The summed E-state index contributed by atoms with van der Waals surface area (Å²) in [6, 6.07) is 0. The first-order chi connectivity index (χ1) is 9.90. The molecule has 0 aromatic rings. The number of aliphatic carboxylic acids is 2. The SMILES string of the molecule is CC1CCCC(C)(C)CCC(C)(C(=O)O)CC(C)(C(=O)O)C1. The molecular weight excluding hydrogens is 280 g/mol. The van der Waals surface area contributed by atoms with Gasteiger partial charge >= 0.3 is 11.9 Å². The molecule has 0 aromatic heterocycles. The molecule has 22 heavy (non-hydrogen) atoms. The van der Waals surface area contributed by atoms with Crippen LogP contribution >= 0.6 is 0 Å². The smallest absolute Gasteiger partial charge is 0.309 e. The third-order valence-electron chi connectivity index (χ3n) is 5.52. The average Bonchev–Trinajstić information content (AvgIpc) is 2.36. The van der Waals surface area contributed by atoms with E-state index in [0.29, 0.717) is 18.8 Å². The van der Waals surface area contributed by atoms with Crippen LogP contribution in [0.15, 0.2) is 0 Å². The molecule has 4 heteroatoms. The highest BCUT2D eigenvalue weighted by molar-refractivity contribution is 5.78. The minimum absolute atomic E-state index is 0.112. The van der Waals surface area contributed by atoms with Gasteiger partial charge in [0.2, 0.25) is 0 Å². The maximum absolute atomic E-state index is 11.8. The molecule has 0 aromatic carbocycles. The summed E-state index contributed by atoms with van der Waals surface area (Å²) in [4.78, 5) is 23.7. The summed E-state index contributed by atoms with van der Waals surface area (Å²) in [5.74, 6) is -1.44. The van der Waals surface area contributed by atoms with E-state index in [2.05, 4.69) is 20.8 Å². The van der Waals surface area contributed by atoms with Crippen molar-refractivity contribution in [3.8, 4) is 0 Å². The van der Waals surface area contributed by atoms with Crippen LogP contribution in [0, 0.1) is 22.2 Å². The lowest BCUT2D eigenvalue weighted by molar-refractivity contribution is -0.158. The molecule has 1 aliphatic carbocycles. The second kappa shape index (κ2) is 6.59. The van der Waals surface area contributed by atoms with Crippen molar-refractivity contribution in [1.82, 2.24) is 0 Å². The molecular formula is C18H32O4. The summed E-state index contributed by atoms with van der Waals surface area (Å²) < 4.78 is 0. The monoisotopic (exact) mass is 312 g/mol. The van der Waals surface area contributed by atoms with Crippen LogP contribution in [0.5, 0.6) is 0 Å². The number of rotatable bonds is 2. The first kappa shape index (κ1) is 19.0. The van der Waals surface area contributed by atoms with Gasteiger partial charge in [-0.15, -0.1) is 0 Å². The highest BCUT2D eigenvalue weighted by Gasteiger charge is 2.46. The molecule has 1 aliphatic rings. The first-order valence-electron chi connectivity index (χ1n) is 8.37. The molecule has 0 spiro atoms. The molecule has 0 aliphatic heterocycles. The second-order valence-electron chi connectivity index (χ2n) is 8.77. The van der Waals surface area contributed by atoms with Crippen LogP contribution < -0.4 is 0 Å². The van der Waals surface area contributed by atoms with E-state index < -0.39 is 22.8 Å². The van der Waals surface area contributed by atoms with Crippen molar-refractivity contribution in [3.63, 3.8) is 0 Å². The Kier molecular flexibility index (Phi) is 5.69. The molecule has 1 rings (SSSR count). The van der Waals surface area contributed by atoms with Crippen molar-refractivity contribution in [2.45, 2.75) is 79.6 Å². The van der Waals surface area contributed by atoms with Crippen molar-refractivity contribution >= 4 is 11.9 Å². The van der Waals surface area contributed by atoms with Crippen LogP contribution in [-0.2, 0) is 9.59 Å². The Morgan fingerprint density at radius 1 is 0.909 bits per heavy atom. The summed E-state index contributed by atoms with van der Waals surface area (Å²) in [6.07, 6.45) is 5.25. The fraction of sp³-hybridized carbons (Fsp3) is 0.889. The van der Waals surface area contributed by atoms with E-state index in [0.717, 1.165) is 25.7 Å². The van der Waals surface area contributed by atoms with Gasteiger partial charge in [0.25, 0.3) is 0 Å². The predicted molar refractivity (Wildman–Crippen MR) is 86.7 cm³/mol. The zero-order valence-corrected chi connectivity index (χ0v) is 14.7. The van der Waals surface area contributed by atoms with Crippen molar-refractivity contribution < 1.29 is 19.8 Å². The Bertz CT molecular complexity index is 429. The van der Waals surface area contributed by atoms with Crippen molar-refractivity contribution in [1.29, 1.82) is 0 Å². The second-order valence-corrected chi connectivity index (χ2v) is 8.77. The maximum atomic E-state index is 11.8.